The second-order valence-electron chi connectivity index (χ2n) is 5.09. The van der Waals surface area contributed by atoms with Crippen molar-refractivity contribution in [2.45, 2.75) is 12.1 Å². The summed E-state index contributed by atoms with van der Waals surface area (Å²) in [4.78, 5) is 26.4. The third kappa shape index (κ3) is 3.72. The van der Waals surface area contributed by atoms with Crippen LogP contribution in [0.15, 0.2) is 52.1 Å². The number of nitrogens with one attached hydrogen (secondary N) is 1. The molecule has 0 saturated carbocycles. The van der Waals surface area contributed by atoms with Gasteiger partial charge in [0.2, 0.25) is 5.91 Å². The quantitative estimate of drug-likeness (QED) is 0.430. The number of rotatable bonds is 5. The van der Waals surface area contributed by atoms with Crippen LogP contribution in [-0.4, -0.2) is 21.6 Å². The van der Waals surface area contributed by atoms with Crippen molar-refractivity contribution in [1.29, 1.82) is 0 Å². The third-order valence-electron chi connectivity index (χ3n) is 3.22. The molecule has 24 heavy (non-hydrogen) atoms. The van der Waals surface area contributed by atoms with E-state index in [2.05, 4.69) is 10.3 Å². The van der Waals surface area contributed by atoms with E-state index in [0.717, 1.165) is 23.0 Å². The van der Waals surface area contributed by atoms with Gasteiger partial charge in [-0.2, -0.15) is 0 Å². The van der Waals surface area contributed by atoms with Crippen molar-refractivity contribution in [3.63, 3.8) is 0 Å². The molecule has 3 rings (SSSR count). The molecule has 1 amide bonds. The molecule has 0 unspecified atom stereocenters. The molecule has 7 nitrogen and oxygen atoms in total. The molecule has 0 aliphatic heterocycles. The van der Waals surface area contributed by atoms with Gasteiger partial charge in [-0.3, -0.25) is 14.9 Å². The predicted octanol–water partition coefficient (Wildman–Crippen LogP) is 3.78. The van der Waals surface area contributed by atoms with E-state index in [1.54, 1.807) is 0 Å². The van der Waals surface area contributed by atoms with Gasteiger partial charge < -0.3 is 9.73 Å². The number of hydrogen-bond acceptors (Lipinski definition) is 6. The first-order valence-electron chi connectivity index (χ1n) is 7.05. The van der Waals surface area contributed by atoms with Gasteiger partial charge in [0, 0.05) is 17.8 Å². The number of oxazole rings is 1. The Balaban J connectivity index is 1.63. The summed E-state index contributed by atoms with van der Waals surface area (Å²) < 4.78 is 5.47. The number of carbonyl (C=O) groups is 1. The number of thioether (sulfide) groups is 1. The molecule has 1 aromatic heterocycles. The van der Waals surface area contributed by atoms with Gasteiger partial charge >= 0.3 is 0 Å². The van der Waals surface area contributed by atoms with Crippen LogP contribution in [0.2, 0.25) is 0 Å². The highest BCUT2D eigenvalue weighted by Gasteiger charge is 2.13. The fraction of sp³-hybridized carbons (Fsp3) is 0.125. The Morgan fingerprint density at radius 2 is 2.04 bits per heavy atom. The molecule has 0 atom stereocenters. The standard InChI is InChI=1S/C16H13N3O4S/c1-10-2-4-11(5-3-10)17-15(20)9-24-16-18-13-8-12(19(21)22)6-7-14(13)23-16/h2-8H,9H2,1H3,(H,17,20). The molecule has 0 radical (unpaired) electrons. The van der Waals surface area contributed by atoms with E-state index in [4.69, 9.17) is 4.42 Å². The lowest BCUT2D eigenvalue weighted by molar-refractivity contribution is -0.384. The highest BCUT2D eigenvalue weighted by Crippen LogP contribution is 2.26. The lowest BCUT2D eigenvalue weighted by Crippen LogP contribution is -2.13. The zero-order chi connectivity index (χ0) is 17.1. The zero-order valence-corrected chi connectivity index (χ0v) is 13.5. The van der Waals surface area contributed by atoms with E-state index in [9.17, 15) is 14.9 Å². The number of nitro groups is 1. The second kappa shape index (κ2) is 6.71. The number of benzene rings is 2. The number of amides is 1. The molecule has 1 heterocycles. The smallest absolute Gasteiger partial charge is 0.271 e. The topological polar surface area (TPSA) is 98.3 Å². The minimum absolute atomic E-state index is 0.0514. The molecule has 0 bridgehead atoms. The van der Waals surface area contributed by atoms with Gasteiger partial charge in [0.1, 0.15) is 5.52 Å². The van der Waals surface area contributed by atoms with Crippen molar-refractivity contribution < 1.29 is 14.1 Å². The van der Waals surface area contributed by atoms with Crippen molar-refractivity contribution in [3.8, 4) is 0 Å². The van der Waals surface area contributed by atoms with Crippen molar-refractivity contribution >= 4 is 40.1 Å². The Bertz CT molecular complexity index is 905. The summed E-state index contributed by atoms with van der Waals surface area (Å²) in [6.07, 6.45) is 0. The second-order valence-corrected chi connectivity index (χ2v) is 6.02. The van der Waals surface area contributed by atoms with E-state index < -0.39 is 4.92 Å². The van der Waals surface area contributed by atoms with Crippen LogP contribution >= 0.6 is 11.8 Å². The number of anilines is 1. The Morgan fingerprint density at radius 1 is 1.29 bits per heavy atom. The van der Waals surface area contributed by atoms with E-state index in [1.165, 1.54) is 18.2 Å². The Kier molecular flexibility index (Phi) is 4.48. The van der Waals surface area contributed by atoms with E-state index in [0.29, 0.717) is 16.3 Å². The average molecular weight is 343 g/mol. The summed E-state index contributed by atoms with van der Waals surface area (Å²) in [5.41, 5.74) is 2.62. The van der Waals surface area contributed by atoms with Crippen LogP contribution in [0.4, 0.5) is 11.4 Å². The number of nitrogens with zero attached hydrogens (tertiary/aromatic N) is 2. The molecule has 0 aliphatic carbocycles. The molecular weight excluding hydrogens is 330 g/mol. The van der Waals surface area contributed by atoms with Crippen LogP contribution in [0.3, 0.4) is 0 Å². The van der Waals surface area contributed by atoms with Crippen LogP contribution in [0.25, 0.3) is 11.1 Å². The average Bonchev–Trinajstić information content (AvgIpc) is 2.97. The Hall–Kier alpha value is -2.87. The summed E-state index contributed by atoms with van der Waals surface area (Å²) >= 11 is 1.13. The molecule has 0 spiro atoms. The monoisotopic (exact) mass is 343 g/mol. The maximum Gasteiger partial charge on any atom is 0.271 e. The molecular formula is C16H13N3O4S. The fourth-order valence-electron chi connectivity index (χ4n) is 2.03. The number of aromatic nitrogens is 1. The van der Waals surface area contributed by atoms with Gasteiger partial charge in [0.05, 0.1) is 10.7 Å². The van der Waals surface area contributed by atoms with Crippen LogP contribution in [0, 0.1) is 17.0 Å². The van der Waals surface area contributed by atoms with Gasteiger partial charge in [0.25, 0.3) is 10.9 Å². The van der Waals surface area contributed by atoms with Crippen molar-refractivity contribution in [3.05, 3.63) is 58.1 Å². The molecule has 0 fully saturated rings. The normalized spacial score (nSPS) is 10.7. The molecule has 3 aromatic rings. The third-order valence-corrected chi connectivity index (χ3v) is 4.05. The molecule has 2 aromatic carbocycles. The SMILES string of the molecule is Cc1ccc(NC(=O)CSc2nc3cc([N+](=O)[O-])ccc3o2)cc1. The lowest BCUT2D eigenvalue weighted by atomic mass is 10.2. The summed E-state index contributed by atoms with van der Waals surface area (Å²) in [5, 5.41) is 13.8. The van der Waals surface area contributed by atoms with E-state index in [-0.39, 0.29) is 17.3 Å². The van der Waals surface area contributed by atoms with Gasteiger partial charge in [0.15, 0.2) is 5.58 Å². The number of fused-ring (bicyclic) bond motifs is 1. The maximum atomic E-state index is 11.9. The first-order valence-corrected chi connectivity index (χ1v) is 8.04. The number of hydrogen-bond donors (Lipinski definition) is 1. The van der Waals surface area contributed by atoms with E-state index in [1.807, 2.05) is 31.2 Å². The number of nitro benzene ring substituents is 1. The van der Waals surface area contributed by atoms with Crippen LogP contribution in [-0.2, 0) is 4.79 Å². The largest absolute Gasteiger partial charge is 0.431 e. The highest BCUT2D eigenvalue weighted by atomic mass is 32.2. The first kappa shape index (κ1) is 16.0. The summed E-state index contributed by atoms with van der Waals surface area (Å²) in [7, 11) is 0. The van der Waals surface area contributed by atoms with Gasteiger partial charge in [-0.25, -0.2) is 4.98 Å². The minimum Gasteiger partial charge on any atom is -0.431 e. The summed E-state index contributed by atoms with van der Waals surface area (Å²) in [6.45, 7) is 1.97. The zero-order valence-electron chi connectivity index (χ0n) is 12.7. The van der Waals surface area contributed by atoms with Gasteiger partial charge in [-0.15, -0.1) is 0 Å². The molecule has 0 aliphatic rings. The van der Waals surface area contributed by atoms with Gasteiger partial charge in [-0.1, -0.05) is 29.5 Å². The minimum atomic E-state index is -0.490. The number of aryl methyl sites for hydroxylation is 1. The maximum absolute atomic E-state index is 11.9. The molecule has 1 N–H and O–H groups in total. The van der Waals surface area contributed by atoms with Crippen LogP contribution < -0.4 is 5.32 Å². The van der Waals surface area contributed by atoms with Crippen LogP contribution in [0.5, 0.6) is 0 Å². The fourth-order valence-corrected chi connectivity index (χ4v) is 2.67. The van der Waals surface area contributed by atoms with Crippen molar-refractivity contribution in [2.75, 3.05) is 11.1 Å². The Morgan fingerprint density at radius 3 is 2.75 bits per heavy atom. The lowest BCUT2D eigenvalue weighted by Gasteiger charge is -2.04. The first-order chi connectivity index (χ1) is 11.5. The summed E-state index contributed by atoms with van der Waals surface area (Å²) in [6, 6.07) is 11.7. The predicted molar refractivity (Wildman–Crippen MR) is 91.2 cm³/mol. The van der Waals surface area contributed by atoms with E-state index >= 15 is 0 Å². The van der Waals surface area contributed by atoms with Gasteiger partial charge in [-0.05, 0) is 25.1 Å². The molecule has 8 heteroatoms. The summed E-state index contributed by atoms with van der Waals surface area (Å²) in [5.74, 6) is -0.0555. The van der Waals surface area contributed by atoms with Crippen molar-refractivity contribution in [1.82, 2.24) is 4.98 Å². The van der Waals surface area contributed by atoms with Crippen molar-refractivity contribution in [2.24, 2.45) is 0 Å². The molecule has 122 valence electrons. The Labute approximate surface area is 141 Å². The highest BCUT2D eigenvalue weighted by molar-refractivity contribution is 7.99. The van der Waals surface area contributed by atoms with Crippen LogP contribution in [0.1, 0.15) is 5.56 Å². The number of non-ortho nitro benzene ring substituents is 1. The number of carbonyl (C=O) groups excluding carboxylic acids is 1. The molecule has 0 saturated heterocycles.